The lowest BCUT2D eigenvalue weighted by atomic mass is 10.2. The topological polar surface area (TPSA) is 58.6 Å². The third-order valence-electron chi connectivity index (χ3n) is 3.42. The Kier molecular flexibility index (Phi) is 6.35. The van der Waals surface area contributed by atoms with Gasteiger partial charge in [0.25, 0.3) is 0 Å². The maximum Gasteiger partial charge on any atom is 0.233 e. The summed E-state index contributed by atoms with van der Waals surface area (Å²) in [5.41, 5.74) is 2.09. The number of amides is 1. The van der Waals surface area contributed by atoms with Crippen molar-refractivity contribution in [2.75, 3.05) is 7.11 Å². The summed E-state index contributed by atoms with van der Waals surface area (Å²) in [5.74, 6) is 1.30. The highest BCUT2D eigenvalue weighted by molar-refractivity contribution is 7.99. The van der Waals surface area contributed by atoms with Crippen LogP contribution in [0.4, 0.5) is 0 Å². The lowest BCUT2D eigenvalue weighted by molar-refractivity contribution is -0.120. The molecular weight excluding hydrogens is 310 g/mol. The van der Waals surface area contributed by atoms with Gasteiger partial charge in [0.2, 0.25) is 5.91 Å². The Balaban J connectivity index is 1.82. The van der Waals surface area contributed by atoms with Gasteiger partial charge in [0.1, 0.15) is 0 Å². The zero-order valence-corrected chi connectivity index (χ0v) is 14.1. The predicted molar refractivity (Wildman–Crippen MR) is 93.7 cm³/mol. The fourth-order valence-electron chi connectivity index (χ4n) is 2.04. The smallest absolute Gasteiger partial charge is 0.233 e. The molecule has 23 heavy (non-hydrogen) atoms. The first-order chi connectivity index (χ1) is 11.1. The van der Waals surface area contributed by atoms with Crippen molar-refractivity contribution < 1.29 is 14.6 Å². The van der Waals surface area contributed by atoms with Crippen molar-refractivity contribution in [3.63, 3.8) is 0 Å². The van der Waals surface area contributed by atoms with Gasteiger partial charge < -0.3 is 15.2 Å². The Morgan fingerprint density at radius 1 is 1.22 bits per heavy atom. The molecule has 1 unspecified atom stereocenters. The monoisotopic (exact) mass is 331 g/mol. The summed E-state index contributed by atoms with van der Waals surface area (Å²) in [6.45, 7) is 2.31. The van der Waals surface area contributed by atoms with Crippen molar-refractivity contribution in [3.8, 4) is 11.5 Å². The van der Waals surface area contributed by atoms with Crippen LogP contribution in [0.3, 0.4) is 0 Å². The highest BCUT2D eigenvalue weighted by Gasteiger charge is 2.13. The van der Waals surface area contributed by atoms with E-state index < -0.39 is 0 Å². The average molecular weight is 331 g/mol. The molecule has 0 bridgehead atoms. The molecule has 1 amide bonds. The predicted octanol–water partition coefficient (Wildman–Crippen LogP) is 3.34. The minimum Gasteiger partial charge on any atom is -0.504 e. The Morgan fingerprint density at radius 2 is 1.96 bits per heavy atom. The van der Waals surface area contributed by atoms with E-state index in [9.17, 15) is 9.90 Å². The number of methoxy groups -OCH3 is 1. The summed E-state index contributed by atoms with van der Waals surface area (Å²) >= 11 is 1.61. The number of hydrogen-bond acceptors (Lipinski definition) is 4. The second kappa shape index (κ2) is 8.48. The molecule has 0 saturated heterocycles. The molecule has 0 radical (unpaired) electrons. The van der Waals surface area contributed by atoms with Crippen molar-refractivity contribution in [1.82, 2.24) is 5.32 Å². The number of carbonyl (C=O) groups is 1. The normalized spacial score (nSPS) is 11.7. The van der Waals surface area contributed by atoms with Crippen LogP contribution in [0.5, 0.6) is 11.5 Å². The quantitative estimate of drug-likeness (QED) is 0.817. The largest absolute Gasteiger partial charge is 0.504 e. The number of carbonyl (C=O) groups excluding carboxylic acids is 1. The molecule has 0 fully saturated rings. The average Bonchev–Trinajstić information content (AvgIpc) is 2.59. The molecule has 0 spiro atoms. The van der Waals surface area contributed by atoms with Crippen LogP contribution in [0.25, 0.3) is 0 Å². The zero-order chi connectivity index (χ0) is 16.7. The minimum atomic E-state index is -0.130. The molecule has 0 saturated carbocycles. The molecule has 2 rings (SSSR count). The molecule has 2 aromatic rings. The number of aromatic hydroxyl groups is 1. The van der Waals surface area contributed by atoms with Crippen molar-refractivity contribution >= 4 is 17.7 Å². The Labute approximate surface area is 140 Å². The van der Waals surface area contributed by atoms with Crippen molar-refractivity contribution in [3.05, 3.63) is 59.7 Å². The number of ether oxygens (including phenoxy) is 1. The number of phenolic OH excluding ortho intramolecular Hbond substituents is 1. The molecule has 0 aliphatic carbocycles. The van der Waals surface area contributed by atoms with Gasteiger partial charge >= 0.3 is 0 Å². The van der Waals surface area contributed by atoms with Crippen molar-refractivity contribution in [2.45, 2.75) is 24.5 Å². The van der Waals surface area contributed by atoms with E-state index in [0.29, 0.717) is 12.3 Å². The summed E-state index contributed by atoms with van der Waals surface area (Å²) in [6.07, 6.45) is 0. The molecule has 0 aromatic heterocycles. The van der Waals surface area contributed by atoms with Gasteiger partial charge in [0, 0.05) is 12.3 Å². The van der Waals surface area contributed by atoms with E-state index >= 15 is 0 Å². The molecule has 1 atom stereocenters. The lowest BCUT2D eigenvalue weighted by Crippen LogP contribution is -2.30. The third kappa shape index (κ3) is 5.21. The van der Waals surface area contributed by atoms with Crippen LogP contribution in [-0.2, 0) is 17.1 Å². The van der Waals surface area contributed by atoms with Gasteiger partial charge in [-0.25, -0.2) is 0 Å². The van der Waals surface area contributed by atoms with E-state index in [0.717, 1.165) is 11.3 Å². The standard InChI is InChI=1S/C18H21NO3S/c1-13(23-12-14-6-4-3-5-7-14)18(21)19-11-15-8-9-16(20)17(10-15)22-2/h3-10,13,20H,11-12H2,1-2H3,(H,19,21). The van der Waals surface area contributed by atoms with E-state index in [2.05, 4.69) is 17.4 Å². The van der Waals surface area contributed by atoms with Crippen LogP contribution in [-0.4, -0.2) is 23.4 Å². The van der Waals surface area contributed by atoms with E-state index in [1.165, 1.54) is 12.7 Å². The maximum atomic E-state index is 12.1. The Morgan fingerprint density at radius 3 is 2.65 bits per heavy atom. The van der Waals surface area contributed by atoms with Gasteiger partial charge in [0.15, 0.2) is 11.5 Å². The van der Waals surface area contributed by atoms with E-state index in [-0.39, 0.29) is 16.9 Å². The van der Waals surface area contributed by atoms with Crippen LogP contribution < -0.4 is 10.1 Å². The minimum absolute atomic E-state index is 0.00188. The molecule has 0 heterocycles. The molecule has 0 aliphatic rings. The van der Waals surface area contributed by atoms with Crippen molar-refractivity contribution in [2.24, 2.45) is 0 Å². The summed E-state index contributed by atoms with van der Waals surface area (Å²) in [7, 11) is 1.50. The second-order valence-corrected chi connectivity index (χ2v) is 6.49. The summed E-state index contributed by atoms with van der Waals surface area (Å²) in [5, 5.41) is 12.3. The fourth-order valence-corrected chi connectivity index (χ4v) is 2.91. The lowest BCUT2D eigenvalue weighted by Gasteiger charge is -2.13. The van der Waals surface area contributed by atoms with E-state index in [4.69, 9.17) is 4.74 Å². The first-order valence-corrected chi connectivity index (χ1v) is 8.44. The number of benzene rings is 2. The Bertz CT molecular complexity index is 646. The highest BCUT2D eigenvalue weighted by Crippen LogP contribution is 2.26. The number of nitrogens with one attached hydrogen (secondary N) is 1. The highest BCUT2D eigenvalue weighted by atomic mass is 32.2. The van der Waals surface area contributed by atoms with Gasteiger partial charge in [0.05, 0.1) is 12.4 Å². The fraction of sp³-hybridized carbons (Fsp3) is 0.278. The molecule has 2 aromatic carbocycles. The SMILES string of the molecule is COc1cc(CNC(=O)C(C)SCc2ccccc2)ccc1O. The number of thioether (sulfide) groups is 1. The second-order valence-electron chi connectivity index (χ2n) is 5.16. The zero-order valence-electron chi connectivity index (χ0n) is 13.3. The van der Waals surface area contributed by atoms with E-state index in [1.54, 1.807) is 30.0 Å². The van der Waals surface area contributed by atoms with Crippen LogP contribution in [0.2, 0.25) is 0 Å². The maximum absolute atomic E-state index is 12.1. The van der Waals surface area contributed by atoms with Gasteiger partial charge in [-0.1, -0.05) is 36.4 Å². The van der Waals surface area contributed by atoms with Crippen LogP contribution in [0.1, 0.15) is 18.1 Å². The third-order valence-corrected chi connectivity index (χ3v) is 4.64. The number of phenols is 1. The van der Waals surface area contributed by atoms with Crippen LogP contribution in [0.15, 0.2) is 48.5 Å². The summed E-state index contributed by atoms with van der Waals surface area (Å²) in [6, 6.07) is 15.1. The van der Waals surface area contributed by atoms with Gasteiger partial charge in [-0.15, -0.1) is 11.8 Å². The molecule has 122 valence electrons. The van der Waals surface area contributed by atoms with Gasteiger partial charge in [-0.05, 0) is 30.2 Å². The first kappa shape index (κ1) is 17.2. The first-order valence-electron chi connectivity index (χ1n) is 7.39. The van der Waals surface area contributed by atoms with Crippen LogP contribution in [0, 0.1) is 0 Å². The molecule has 2 N–H and O–H groups in total. The molecule has 0 aliphatic heterocycles. The number of hydrogen-bond donors (Lipinski definition) is 2. The molecule has 5 heteroatoms. The van der Waals surface area contributed by atoms with Gasteiger partial charge in [-0.3, -0.25) is 4.79 Å². The van der Waals surface area contributed by atoms with E-state index in [1.807, 2.05) is 25.1 Å². The molecule has 4 nitrogen and oxygen atoms in total. The summed E-state index contributed by atoms with van der Waals surface area (Å²) < 4.78 is 5.06. The van der Waals surface area contributed by atoms with Gasteiger partial charge in [-0.2, -0.15) is 0 Å². The Hall–Kier alpha value is -2.14. The van der Waals surface area contributed by atoms with Crippen molar-refractivity contribution in [1.29, 1.82) is 0 Å². The van der Waals surface area contributed by atoms with Crippen LogP contribution >= 0.6 is 11.8 Å². The summed E-state index contributed by atoms with van der Waals surface area (Å²) in [4.78, 5) is 12.1. The number of rotatable bonds is 7. The molecular formula is C18H21NO3S.